The highest BCUT2D eigenvalue weighted by molar-refractivity contribution is 7.07. The summed E-state index contributed by atoms with van der Waals surface area (Å²) in [6.45, 7) is 1.65. The second-order valence-corrected chi connectivity index (χ2v) is 5.24. The van der Waals surface area contributed by atoms with E-state index >= 15 is 0 Å². The topological polar surface area (TPSA) is 30.9 Å². The number of thiophene rings is 1. The lowest BCUT2D eigenvalue weighted by molar-refractivity contribution is 0.840. The van der Waals surface area contributed by atoms with Crippen molar-refractivity contribution in [3.63, 3.8) is 0 Å². The lowest BCUT2D eigenvalue weighted by Crippen LogP contribution is -2.03. The van der Waals surface area contributed by atoms with Gasteiger partial charge < -0.3 is 10.3 Å². The third-order valence-electron chi connectivity index (χ3n) is 3.25. The van der Waals surface area contributed by atoms with Gasteiger partial charge in [-0.2, -0.15) is 11.3 Å². The van der Waals surface area contributed by atoms with Crippen molar-refractivity contribution in [1.29, 1.82) is 0 Å². The highest BCUT2D eigenvalue weighted by Gasteiger charge is 2.05. The fraction of sp³-hybridized carbons (Fsp3) is 0.200. The van der Waals surface area contributed by atoms with E-state index in [9.17, 15) is 0 Å². The van der Waals surface area contributed by atoms with Gasteiger partial charge in [0.15, 0.2) is 0 Å². The van der Waals surface area contributed by atoms with Gasteiger partial charge in [0.1, 0.15) is 0 Å². The van der Waals surface area contributed by atoms with Gasteiger partial charge in [-0.25, -0.2) is 0 Å². The van der Waals surface area contributed by atoms with Gasteiger partial charge in [-0.1, -0.05) is 12.1 Å². The molecule has 0 aliphatic heterocycles. The second-order valence-electron chi connectivity index (χ2n) is 4.46. The predicted octanol–water partition coefficient (Wildman–Crippen LogP) is 3.25. The highest BCUT2D eigenvalue weighted by Crippen LogP contribution is 2.22. The Morgan fingerprint density at radius 1 is 1.17 bits per heavy atom. The van der Waals surface area contributed by atoms with Gasteiger partial charge in [0.2, 0.25) is 0 Å². The maximum Gasteiger partial charge on any atom is 0.0486 e. The Bertz CT molecular complexity index is 638. The molecular weight excluding hydrogens is 240 g/mol. The van der Waals surface area contributed by atoms with Crippen LogP contribution in [0, 0.1) is 0 Å². The van der Waals surface area contributed by atoms with Crippen molar-refractivity contribution in [3.05, 3.63) is 58.4 Å². The van der Waals surface area contributed by atoms with Gasteiger partial charge in [-0.15, -0.1) is 0 Å². The summed E-state index contributed by atoms with van der Waals surface area (Å²) in [6, 6.07) is 10.9. The molecule has 3 aromatic rings. The first-order valence-corrected chi connectivity index (χ1v) is 7.10. The molecule has 18 heavy (non-hydrogen) atoms. The normalized spacial score (nSPS) is 11.2. The maximum absolute atomic E-state index is 5.66. The first kappa shape index (κ1) is 11.5. The molecule has 92 valence electrons. The molecule has 2 heterocycles. The number of aromatic nitrogens is 1. The average Bonchev–Trinajstić information content (AvgIpc) is 3.01. The first-order valence-electron chi connectivity index (χ1n) is 6.16. The van der Waals surface area contributed by atoms with Crippen LogP contribution in [0.3, 0.4) is 0 Å². The number of fused-ring (bicyclic) bond motifs is 1. The lowest BCUT2D eigenvalue weighted by atomic mass is 10.1. The van der Waals surface area contributed by atoms with E-state index in [0.29, 0.717) is 6.54 Å². The minimum absolute atomic E-state index is 0.703. The molecule has 0 atom stereocenters. The van der Waals surface area contributed by atoms with Crippen LogP contribution in [0.15, 0.2) is 47.3 Å². The zero-order valence-electron chi connectivity index (χ0n) is 10.2. The number of benzene rings is 1. The molecule has 2 aromatic heterocycles. The second kappa shape index (κ2) is 4.96. The third-order valence-corrected chi connectivity index (χ3v) is 3.98. The molecule has 0 aliphatic carbocycles. The molecule has 0 aliphatic rings. The molecule has 2 nitrogen and oxygen atoms in total. The summed E-state index contributed by atoms with van der Waals surface area (Å²) < 4.78 is 2.30. The molecular formula is C15H16N2S. The monoisotopic (exact) mass is 256 g/mol. The molecule has 2 N–H and O–H groups in total. The molecule has 3 rings (SSSR count). The van der Waals surface area contributed by atoms with Crippen molar-refractivity contribution < 1.29 is 0 Å². The van der Waals surface area contributed by atoms with Crippen molar-refractivity contribution in [2.75, 3.05) is 6.54 Å². The standard InChI is InChI=1S/C15H16N2S/c16-7-4-13-2-1-3-15-14(13)5-8-17(15)10-12-6-9-18-11-12/h1-3,5-6,8-9,11H,4,7,10,16H2. The molecule has 0 bridgehead atoms. The number of hydrogen-bond donors (Lipinski definition) is 1. The van der Waals surface area contributed by atoms with Crippen molar-refractivity contribution in [3.8, 4) is 0 Å². The lowest BCUT2D eigenvalue weighted by Gasteiger charge is -2.06. The smallest absolute Gasteiger partial charge is 0.0486 e. The molecule has 0 saturated carbocycles. The van der Waals surface area contributed by atoms with E-state index in [1.165, 1.54) is 22.0 Å². The third kappa shape index (κ3) is 2.07. The van der Waals surface area contributed by atoms with Crippen molar-refractivity contribution in [2.45, 2.75) is 13.0 Å². The van der Waals surface area contributed by atoms with E-state index < -0.39 is 0 Å². The molecule has 0 saturated heterocycles. The van der Waals surface area contributed by atoms with Crippen LogP contribution in [0.5, 0.6) is 0 Å². The summed E-state index contributed by atoms with van der Waals surface area (Å²) in [5.74, 6) is 0. The Morgan fingerprint density at radius 3 is 2.89 bits per heavy atom. The van der Waals surface area contributed by atoms with Crippen LogP contribution in [0.2, 0.25) is 0 Å². The van der Waals surface area contributed by atoms with E-state index in [4.69, 9.17) is 5.73 Å². The first-order chi connectivity index (χ1) is 8.88. The van der Waals surface area contributed by atoms with Crippen LogP contribution in [0.25, 0.3) is 10.9 Å². The van der Waals surface area contributed by atoms with Gasteiger partial charge in [0, 0.05) is 23.6 Å². The summed E-state index contributed by atoms with van der Waals surface area (Å²) in [5, 5.41) is 5.66. The quantitative estimate of drug-likeness (QED) is 0.763. The van der Waals surface area contributed by atoms with E-state index in [1.807, 2.05) is 0 Å². The van der Waals surface area contributed by atoms with Gasteiger partial charge in [-0.3, -0.25) is 0 Å². The molecule has 0 unspecified atom stereocenters. The minimum atomic E-state index is 0.703. The molecule has 0 spiro atoms. The van der Waals surface area contributed by atoms with Crippen LogP contribution >= 0.6 is 11.3 Å². The van der Waals surface area contributed by atoms with Gasteiger partial charge in [0.05, 0.1) is 0 Å². The zero-order chi connectivity index (χ0) is 12.4. The summed E-state index contributed by atoms with van der Waals surface area (Å²) in [5.41, 5.74) is 9.67. The summed E-state index contributed by atoms with van der Waals surface area (Å²) >= 11 is 1.75. The predicted molar refractivity (Wildman–Crippen MR) is 78.1 cm³/mol. The van der Waals surface area contributed by atoms with Crippen LogP contribution in [-0.4, -0.2) is 11.1 Å². The van der Waals surface area contributed by atoms with Gasteiger partial charge in [0.25, 0.3) is 0 Å². The highest BCUT2D eigenvalue weighted by atomic mass is 32.1. The Labute approximate surface area is 111 Å². The van der Waals surface area contributed by atoms with Crippen molar-refractivity contribution in [1.82, 2.24) is 4.57 Å². The molecule has 3 heteroatoms. The molecule has 1 aromatic carbocycles. The largest absolute Gasteiger partial charge is 0.343 e. The fourth-order valence-electron chi connectivity index (χ4n) is 2.38. The Hall–Kier alpha value is -1.58. The summed E-state index contributed by atoms with van der Waals surface area (Å²) in [4.78, 5) is 0. The molecule has 0 fully saturated rings. The fourth-order valence-corrected chi connectivity index (χ4v) is 3.04. The van der Waals surface area contributed by atoms with Gasteiger partial charge in [-0.05, 0) is 53.1 Å². The number of nitrogens with zero attached hydrogens (tertiary/aromatic N) is 1. The number of nitrogens with two attached hydrogens (primary N) is 1. The Kier molecular flexibility index (Phi) is 3.17. The van der Waals surface area contributed by atoms with Crippen LogP contribution in [0.4, 0.5) is 0 Å². The van der Waals surface area contributed by atoms with Crippen molar-refractivity contribution >= 4 is 22.2 Å². The van der Waals surface area contributed by atoms with E-state index in [1.54, 1.807) is 11.3 Å². The maximum atomic E-state index is 5.66. The minimum Gasteiger partial charge on any atom is -0.343 e. The number of hydrogen-bond acceptors (Lipinski definition) is 2. The summed E-state index contributed by atoms with van der Waals surface area (Å²) in [6.07, 6.45) is 3.11. The Morgan fingerprint density at radius 2 is 2.11 bits per heavy atom. The van der Waals surface area contributed by atoms with Crippen LogP contribution in [0.1, 0.15) is 11.1 Å². The van der Waals surface area contributed by atoms with E-state index in [0.717, 1.165) is 13.0 Å². The van der Waals surface area contributed by atoms with E-state index in [2.05, 4.69) is 51.9 Å². The SMILES string of the molecule is NCCc1cccc2c1ccn2Cc1ccsc1. The van der Waals surface area contributed by atoms with Crippen LogP contribution in [-0.2, 0) is 13.0 Å². The Balaban J connectivity index is 2.01. The summed E-state index contributed by atoms with van der Waals surface area (Å²) in [7, 11) is 0. The van der Waals surface area contributed by atoms with Crippen LogP contribution < -0.4 is 5.73 Å². The van der Waals surface area contributed by atoms with Gasteiger partial charge >= 0.3 is 0 Å². The molecule has 0 amide bonds. The van der Waals surface area contributed by atoms with Crippen molar-refractivity contribution in [2.24, 2.45) is 5.73 Å². The number of rotatable bonds is 4. The molecule has 0 radical (unpaired) electrons. The van der Waals surface area contributed by atoms with E-state index in [-0.39, 0.29) is 0 Å². The zero-order valence-corrected chi connectivity index (χ0v) is 11.0. The average molecular weight is 256 g/mol.